The number of nitrogen functional groups attached to an aromatic ring is 1. The minimum atomic E-state index is -1.14. The monoisotopic (exact) mass is 416 g/mol. The maximum atomic E-state index is 12.9. The van der Waals surface area contributed by atoms with E-state index in [1.807, 2.05) is 6.07 Å². The second-order valence-electron chi connectivity index (χ2n) is 5.98. The second kappa shape index (κ2) is 10.6. The van der Waals surface area contributed by atoms with Crippen molar-refractivity contribution >= 4 is 29.3 Å². The van der Waals surface area contributed by atoms with Crippen molar-refractivity contribution in [2.75, 3.05) is 29.6 Å². The van der Waals surface area contributed by atoms with Crippen LogP contribution in [0, 0.1) is 11.3 Å². The van der Waals surface area contributed by atoms with Crippen molar-refractivity contribution in [1.29, 1.82) is 5.26 Å². The summed E-state index contributed by atoms with van der Waals surface area (Å²) in [5.41, 5.74) is 6.34. The van der Waals surface area contributed by atoms with Crippen LogP contribution >= 0.6 is 0 Å². The van der Waals surface area contributed by atoms with Gasteiger partial charge in [-0.25, -0.2) is 4.39 Å². The van der Waals surface area contributed by atoms with Gasteiger partial charge in [0.25, 0.3) is 0 Å². The molecule has 0 fully saturated rings. The van der Waals surface area contributed by atoms with Crippen LogP contribution in [0.4, 0.5) is 21.8 Å². The number of anilines is 3. The van der Waals surface area contributed by atoms with Crippen LogP contribution in [0.25, 0.3) is 0 Å². The number of halogens is 1. The second-order valence-corrected chi connectivity index (χ2v) is 5.98. The normalized spacial score (nSPS) is 11.1. The molecule has 11 heteroatoms. The number of hydrogen-bond acceptors (Lipinski definition) is 9. The Kier molecular flexibility index (Phi) is 7.87. The van der Waals surface area contributed by atoms with E-state index < -0.39 is 24.6 Å². The summed E-state index contributed by atoms with van der Waals surface area (Å²) in [4.78, 5) is 31.8. The number of nitrogens with zero attached hydrogens (tertiary/aromatic N) is 3. The maximum absolute atomic E-state index is 12.9. The third kappa shape index (κ3) is 6.03. The first-order chi connectivity index (χ1) is 14.4. The number of esters is 1. The Morgan fingerprint density at radius 2 is 2.13 bits per heavy atom. The van der Waals surface area contributed by atoms with Gasteiger partial charge in [0.05, 0.1) is 6.61 Å². The lowest BCUT2D eigenvalue weighted by atomic mass is 10.2. The molecule has 0 saturated heterocycles. The lowest BCUT2D eigenvalue weighted by Gasteiger charge is -2.20. The number of hydrogen-bond donors (Lipinski definition) is 3. The maximum Gasteiger partial charge on any atom is 0.302 e. The van der Waals surface area contributed by atoms with Crippen LogP contribution in [-0.2, 0) is 21.0 Å². The van der Waals surface area contributed by atoms with Gasteiger partial charge in [0.15, 0.2) is 11.4 Å². The van der Waals surface area contributed by atoms with E-state index in [0.29, 0.717) is 11.3 Å². The summed E-state index contributed by atoms with van der Waals surface area (Å²) in [6, 6.07) is 6.97. The van der Waals surface area contributed by atoms with E-state index in [4.69, 9.17) is 15.2 Å². The van der Waals surface area contributed by atoms with E-state index in [2.05, 4.69) is 20.6 Å². The molecule has 1 atom stereocenters. The molecule has 1 heterocycles. The lowest BCUT2D eigenvalue weighted by Crippen LogP contribution is -2.39. The van der Waals surface area contributed by atoms with Crippen LogP contribution < -0.4 is 21.1 Å². The molecule has 2 rings (SSSR count). The summed E-state index contributed by atoms with van der Waals surface area (Å²) >= 11 is 0. The number of rotatable bonds is 9. The lowest BCUT2D eigenvalue weighted by molar-refractivity contribution is -0.141. The molecule has 0 aliphatic rings. The van der Waals surface area contributed by atoms with Crippen molar-refractivity contribution < 1.29 is 23.5 Å². The highest BCUT2D eigenvalue weighted by Crippen LogP contribution is 2.24. The average molecular weight is 416 g/mol. The molecule has 2 aromatic rings. The van der Waals surface area contributed by atoms with Gasteiger partial charge in [-0.1, -0.05) is 12.1 Å². The van der Waals surface area contributed by atoms with E-state index in [1.165, 1.54) is 13.0 Å². The zero-order valence-corrected chi connectivity index (χ0v) is 16.4. The number of amides is 1. The summed E-state index contributed by atoms with van der Waals surface area (Å²) in [6.07, 6.45) is 0. The van der Waals surface area contributed by atoms with Crippen molar-refractivity contribution in [3.05, 3.63) is 35.4 Å². The smallest absolute Gasteiger partial charge is 0.302 e. The number of carbonyl (C=O) groups excluding carboxylic acids is 2. The number of benzene rings is 1. The first-order valence-electron chi connectivity index (χ1n) is 8.94. The Labute approximate surface area is 172 Å². The molecule has 0 aliphatic heterocycles. The summed E-state index contributed by atoms with van der Waals surface area (Å²) in [5, 5.41) is 14.8. The standard InChI is InChI=1S/C19H21FN6O4/c1-3-29-18-14(9-21)16(25-19(22)26-18)24-15(10-30-11(2)27)17(28)23-13-6-4-5-12(7-13)8-20/h4-7,15H,3,8,10H2,1-2H3,(H,23,28)(H3,22,24,25,26)/t15-/m0/s1. The highest BCUT2D eigenvalue weighted by Gasteiger charge is 2.24. The number of nitrogens with one attached hydrogen (secondary N) is 2. The summed E-state index contributed by atoms with van der Waals surface area (Å²) < 4.78 is 23.1. The summed E-state index contributed by atoms with van der Waals surface area (Å²) in [7, 11) is 0. The first kappa shape index (κ1) is 22.4. The van der Waals surface area contributed by atoms with Gasteiger partial charge >= 0.3 is 5.97 Å². The van der Waals surface area contributed by atoms with Crippen LogP contribution in [0.1, 0.15) is 25.0 Å². The van der Waals surface area contributed by atoms with E-state index >= 15 is 0 Å². The molecule has 0 aliphatic carbocycles. The predicted octanol–water partition coefficient (Wildman–Crippen LogP) is 1.78. The van der Waals surface area contributed by atoms with Crippen molar-refractivity contribution in [3.8, 4) is 11.9 Å². The third-order valence-corrected chi connectivity index (χ3v) is 3.72. The summed E-state index contributed by atoms with van der Waals surface area (Å²) in [6.45, 7) is 2.08. The fraction of sp³-hybridized carbons (Fsp3) is 0.316. The minimum absolute atomic E-state index is 0.0442. The van der Waals surface area contributed by atoms with E-state index in [0.717, 1.165) is 0 Å². The number of nitrogens with two attached hydrogens (primary N) is 1. The van der Waals surface area contributed by atoms with Crippen LogP contribution in [0.2, 0.25) is 0 Å². The van der Waals surface area contributed by atoms with Crippen LogP contribution in [0.3, 0.4) is 0 Å². The molecule has 1 aromatic carbocycles. The Morgan fingerprint density at radius 3 is 2.77 bits per heavy atom. The van der Waals surface area contributed by atoms with Gasteiger partial charge in [0, 0.05) is 12.6 Å². The van der Waals surface area contributed by atoms with Gasteiger partial charge in [0.1, 0.15) is 25.4 Å². The van der Waals surface area contributed by atoms with Crippen molar-refractivity contribution in [1.82, 2.24) is 9.97 Å². The van der Waals surface area contributed by atoms with Crippen LogP contribution in [-0.4, -0.2) is 41.1 Å². The summed E-state index contributed by atoms with van der Waals surface area (Å²) in [5.74, 6) is -1.49. The van der Waals surface area contributed by atoms with Crippen molar-refractivity contribution in [2.45, 2.75) is 26.6 Å². The highest BCUT2D eigenvalue weighted by atomic mass is 19.1. The number of nitriles is 1. The largest absolute Gasteiger partial charge is 0.477 e. The van der Waals surface area contributed by atoms with E-state index in [1.54, 1.807) is 25.1 Å². The SMILES string of the molecule is CCOc1nc(N)nc(N[C@@H](COC(C)=O)C(=O)Nc2cccc(CF)c2)c1C#N. The van der Waals surface area contributed by atoms with E-state index in [9.17, 15) is 19.2 Å². The van der Waals surface area contributed by atoms with Gasteiger partial charge in [0.2, 0.25) is 17.7 Å². The molecule has 10 nitrogen and oxygen atoms in total. The Hall–Kier alpha value is -3.94. The molecule has 0 unspecified atom stereocenters. The molecular weight excluding hydrogens is 395 g/mol. The zero-order chi connectivity index (χ0) is 22.1. The van der Waals surface area contributed by atoms with Crippen LogP contribution in [0.5, 0.6) is 5.88 Å². The molecule has 4 N–H and O–H groups in total. The predicted molar refractivity (Wildman–Crippen MR) is 106 cm³/mol. The van der Waals surface area contributed by atoms with Gasteiger partial charge < -0.3 is 25.8 Å². The molecule has 0 bridgehead atoms. The molecular formula is C19H21FN6O4. The van der Waals surface area contributed by atoms with Gasteiger partial charge in [-0.15, -0.1) is 0 Å². The highest BCUT2D eigenvalue weighted by molar-refractivity contribution is 5.97. The number of ether oxygens (including phenoxy) is 2. The Balaban J connectivity index is 2.31. The molecule has 0 spiro atoms. The van der Waals surface area contributed by atoms with Gasteiger partial charge in [-0.2, -0.15) is 15.2 Å². The zero-order valence-electron chi connectivity index (χ0n) is 16.4. The minimum Gasteiger partial charge on any atom is -0.477 e. The number of carbonyl (C=O) groups is 2. The Morgan fingerprint density at radius 1 is 1.37 bits per heavy atom. The Bertz CT molecular complexity index is 963. The quantitative estimate of drug-likeness (QED) is 0.519. The molecule has 1 amide bonds. The number of aromatic nitrogens is 2. The molecule has 1 aromatic heterocycles. The van der Waals surface area contributed by atoms with Gasteiger partial charge in [-0.3, -0.25) is 9.59 Å². The molecule has 0 radical (unpaired) electrons. The van der Waals surface area contributed by atoms with Gasteiger partial charge in [-0.05, 0) is 24.6 Å². The molecule has 30 heavy (non-hydrogen) atoms. The fourth-order valence-electron chi connectivity index (χ4n) is 2.41. The third-order valence-electron chi connectivity index (χ3n) is 3.72. The topological polar surface area (TPSA) is 152 Å². The van der Waals surface area contributed by atoms with Crippen LogP contribution in [0.15, 0.2) is 24.3 Å². The average Bonchev–Trinajstić information content (AvgIpc) is 2.71. The van der Waals surface area contributed by atoms with Crippen molar-refractivity contribution in [2.24, 2.45) is 0 Å². The number of alkyl halides is 1. The molecule has 158 valence electrons. The van der Waals surface area contributed by atoms with Crippen molar-refractivity contribution in [3.63, 3.8) is 0 Å². The first-order valence-corrected chi connectivity index (χ1v) is 8.94. The van der Waals surface area contributed by atoms with E-state index in [-0.39, 0.29) is 36.4 Å². The molecule has 0 saturated carbocycles. The fourth-order valence-corrected chi connectivity index (χ4v) is 2.41.